The number of allylic oxidation sites excluding steroid dienone is 3. The maximum Gasteiger partial charge on any atom is 0.327 e. The molecule has 0 radical (unpaired) electrons. The van der Waals surface area contributed by atoms with E-state index in [4.69, 9.17) is 20.7 Å². The number of primary amides is 1. The summed E-state index contributed by atoms with van der Waals surface area (Å²) in [6.07, 6.45) is 6.83. The summed E-state index contributed by atoms with van der Waals surface area (Å²) in [4.78, 5) is 45.1. The fourth-order valence-corrected chi connectivity index (χ4v) is 4.03. The molecule has 6 N–H and O–H groups in total. The van der Waals surface area contributed by atoms with E-state index in [1.165, 1.54) is 13.2 Å². The number of hydrogen-bond donors (Lipinski definition) is 5. The van der Waals surface area contributed by atoms with Crippen molar-refractivity contribution in [2.45, 2.75) is 84.0 Å². The first kappa shape index (κ1) is 34.2. The van der Waals surface area contributed by atoms with Gasteiger partial charge in [0.2, 0.25) is 5.91 Å². The molecule has 0 aromatic carbocycles. The normalized spacial score (nSPS) is 17.3. The maximum absolute atomic E-state index is 12.6. The van der Waals surface area contributed by atoms with Gasteiger partial charge in [0.05, 0.1) is 12.2 Å². The van der Waals surface area contributed by atoms with Gasteiger partial charge in [0.15, 0.2) is 0 Å². The van der Waals surface area contributed by atoms with Crippen LogP contribution in [0.15, 0.2) is 36.0 Å². The van der Waals surface area contributed by atoms with Gasteiger partial charge in [0.1, 0.15) is 11.9 Å². The molecule has 0 spiro atoms. The number of aliphatic hydroxyl groups is 2. The summed E-state index contributed by atoms with van der Waals surface area (Å²) in [6.45, 7) is 5.06. The Morgan fingerprint density at radius 3 is 2.16 bits per heavy atom. The molecule has 0 aliphatic heterocycles. The monoisotopic (exact) mass is 525 g/mol. The minimum atomic E-state index is -1.03. The molecule has 0 fully saturated rings. The lowest BCUT2D eigenvalue weighted by atomic mass is 9.87. The predicted molar refractivity (Wildman–Crippen MR) is 138 cm³/mol. The van der Waals surface area contributed by atoms with Crippen LogP contribution in [0, 0.1) is 17.8 Å². The molecule has 0 unspecified atom stereocenters. The lowest BCUT2D eigenvalue weighted by Gasteiger charge is -2.29. The molecular weight excluding hydrogens is 482 g/mol. The van der Waals surface area contributed by atoms with E-state index < -0.39 is 53.9 Å². The van der Waals surface area contributed by atoms with Crippen molar-refractivity contribution in [3.8, 4) is 0 Å². The Bertz CT molecular complexity index is 818. The summed E-state index contributed by atoms with van der Waals surface area (Å²) >= 11 is 0. The van der Waals surface area contributed by atoms with Gasteiger partial charge in [0, 0.05) is 44.3 Å². The SMILES string of the molecule is CO[C@H](/C=C/CC/C=C/C(=O)O)[C@@H](O)[C@H](C)[C@H](O)/C(C)=C/[C@H](C)C(=O)CCC[C@@H](CC(N)=O)CC(=O)O. The van der Waals surface area contributed by atoms with Crippen LogP contribution in [-0.4, -0.2) is 69.5 Å². The molecule has 0 aromatic heterocycles. The third-order valence-corrected chi connectivity index (χ3v) is 6.21. The number of aliphatic hydroxyl groups excluding tert-OH is 2. The largest absolute Gasteiger partial charge is 0.481 e. The Kier molecular flexibility index (Phi) is 17.0. The average Bonchev–Trinajstić information content (AvgIpc) is 2.80. The smallest absolute Gasteiger partial charge is 0.327 e. The number of aliphatic carboxylic acids is 2. The maximum atomic E-state index is 12.6. The molecule has 1 amide bonds. The average molecular weight is 526 g/mol. The van der Waals surface area contributed by atoms with Gasteiger partial charge in [-0.1, -0.05) is 38.2 Å². The van der Waals surface area contributed by atoms with Crippen LogP contribution in [-0.2, 0) is 23.9 Å². The van der Waals surface area contributed by atoms with E-state index in [9.17, 15) is 29.4 Å². The highest BCUT2D eigenvalue weighted by molar-refractivity contribution is 5.82. The number of Topliss-reactive ketones (excluding diaryl/α,β-unsaturated/α-hetero) is 1. The summed E-state index contributed by atoms with van der Waals surface area (Å²) in [5.41, 5.74) is 5.71. The Hall–Kier alpha value is -2.82. The zero-order valence-corrected chi connectivity index (χ0v) is 22.2. The van der Waals surface area contributed by atoms with Gasteiger partial charge in [-0.05, 0) is 44.1 Å². The van der Waals surface area contributed by atoms with Crippen LogP contribution in [0.5, 0.6) is 0 Å². The Balaban J connectivity index is 4.92. The van der Waals surface area contributed by atoms with E-state index in [0.717, 1.165) is 6.08 Å². The van der Waals surface area contributed by atoms with E-state index in [1.54, 1.807) is 39.0 Å². The molecule has 210 valence electrons. The topological polar surface area (TPSA) is 184 Å². The van der Waals surface area contributed by atoms with Crippen molar-refractivity contribution in [2.24, 2.45) is 23.5 Å². The molecule has 0 bridgehead atoms. The second-order valence-electron chi connectivity index (χ2n) is 9.43. The molecule has 0 aliphatic carbocycles. The predicted octanol–water partition coefficient (Wildman–Crippen LogP) is 2.62. The molecule has 0 saturated heterocycles. The number of rotatable bonds is 20. The van der Waals surface area contributed by atoms with Gasteiger partial charge < -0.3 is 30.9 Å². The van der Waals surface area contributed by atoms with Crippen molar-refractivity contribution in [3.05, 3.63) is 36.0 Å². The minimum absolute atomic E-state index is 0.0408. The number of carboxylic acid groups (broad SMARTS) is 2. The molecule has 0 rings (SSSR count). The minimum Gasteiger partial charge on any atom is -0.481 e. The van der Waals surface area contributed by atoms with Crippen molar-refractivity contribution in [1.29, 1.82) is 0 Å². The summed E-state index contributed by atoms with van der Waals surface area (Å²) in [6, 6.07) is 0. The summed E-state index contributed by atoms with van der Waals surface area (Å²) in [5.74, 6) is -4.20. The van der Waals surface area contributed by atoms with Crippen molar-refractivity contribution < 1.29 is 44.3 Å². The first-order chi connectivity index (χ1) is 17.3. The lowest BCUT2D eigenvalue weighted by Crippen LogP contribution is -2.39. The quantitative estimate of drug-likeness (QED) is 0.0905. The molecule has 0 heterocycles. The third-order valence-electron chi connectivity index (χ3n) is 6.21. The molecule has 10 heteroatoms. The number of ketones is 1. The van der Waals surface area contributed by atoms with Crippen molar-refractivity contribution in [1.82, 2.24) is 0 Å². The van der Waals surface area contributed by atoms with Crippen LogP contribution < -0.4 is 5.73 Å². The van der Waals surface area contributed by atoms with Crippen molar-refractivity contribution in [2.75, 3.05) is 7.11 Å². The van der Waals surface area contributed by atoms with E-state index in [2.05, 4.69) is 0 Å². The number of nitrogens with two attached hydrogens (primary N) is 1. The summed E-state index contributed by atoms with van der Waals surface area (Å²) in [7, 11) is 1.44. The van der Waals surface area contributed by atoms with E-state index in [0.29, 0.717) is 31.3 Å². The van der Waals surface area contributed by atoms with Crippen LogP contribution in [0.4, 0.5) is 0 Å². The van der Waals surface area contributed by atoms with Gasteiger partial charge in [-0.15, -0.1) is 0 Å². The van der Waals surface area contributed by atoms with Gasteiger partial charge >= 0.3 is 11.9 Å². The number of carbonyl (C=O) groups excluding carboxylic acids is 2. The number of carbonyl (C=O) groups is 4. The fraction of sp³-hybridized carbons (Fsp3) is 0.630. The number of methoxy groups -OCH3 is 1. The highest BCUT2D eigenvalue weighted by Crippen LogP contribution is 2.23. The van der Waals surface area contributed by atoms with Gasteiger partial charge in [-0.3, -0.25) is 14.4 Å². The Morgan fingerprint density at radius 1 is 1.00 bits per heavy atom. The molecule has 0 saturated carbocycles. The molecule has 0 aromatic rings. The highest BCUT2D eigenvalue weighted by atomic mass is 16.5. The second kappa shape index (κ2) is 18.4. The van der Waals surface area contributed by atoms with Gasteiger partial charge in [-0.25, -0.2) is 4.79 Å². The molecular formula is C27H43NO9. The molecule has 37 heavy (non-hydrogen) atoms. The van der Waals surface area contributed by atoms with Gasteiger partial charge in [0.25, 0.3) is 0 Å². The highest BCUT2D eigenvalue weighted by Gasteiger charge is 2.29. The van der Waals surface area contributed by atoms with Crippen molar-refractivity contribution in [3.63, 3.8) is 0 Å². The molecule has 6 atom stereocenters. The lowest BCUT2D eigenvalue weighted by molar-refractivity contribution is -0.138. The molecule has 0 aliphatic rings. The Morgan fingerprint density at radius 2 is 1.62 bits per heavy atom. The summed E-state index contributed by atoms with van der Waals surface area (Å²) in [5, 5.41) is 39.0. The fourth-order valence-electron chi connectivity index (χ4n) is 4.03. The van der Waals surface area contributed by atoms with Crippen LogP contribution in [0.25, 0.3) is 0 Å². The van der Waals surface area contributed by atoms with Crippen LogP contribution >= 0.6 is 0 Å². The zero-order valence-electron chi connectivity index (χ0n) is 22.2. The van der Waals surface area contributed by atoms with Gasteiger partial charge in [-0.2, -0.15) is 0 Å². The Labute approximate surface area is 218 Å². The number of ether oxygens (including phenoxy) is 1. The number of amides is 1. The van der Waals surface area contributed by atoms with E-state index in [-0.39, 0.29) is 25.0 Å². The number of carboxylic acids is 2. The third kappa shape index (κ3) is 15.1. The molecule has 10 nitrogen and oxygen atoms in total. The van der Waals surface area contributed by atoms with Crippen LogP contribution in [0.3, 0.4) is 0 Å². The van der Waals surface area contributed by atoms with E-state index >= 15 is 0 Å². The second-order valence-corrected chi connectivity index (χ2v) is 9.43. The number of hydrogen-bond acceptors (Lipinski definition) is 7. The van der Waals surface area contributed by atoms with Crippen LogP contribution in [0.2, 0.25) is 0 Å². The number of unbranched alkanes of at least 4 members (excludes halogenated alkanes) is 1. The zero-order chi connectivity index (χ0) is 28.5. The van der Waals surface area contributed by atoms with Crippen molar-refractivity contribution >= 4 is 23.6 Å². The summed E-state index contributed by atoms with van der Waals surface area (Å²) < 4.78 is 5.34. The first-order valence-electron chi connectivity index (χ1n) is 12.5. The standard InChI is InChI=1S/C27H43NO9/c1-17(21(29)11-9-10-20(15-23(28)30)16-25(33)34)14-18(2)26(35)19(3)27(36)22(37-4)12-7-5-6-8-13-24(31)32/h7-8,12-14,17,19-20,22,26-27,35-36H,5-6,9-11,15-16H2,1-4H3,(H2,28,30)(H,31,32)(H,33,34)/b12-7+,13-8+,18-14+/t17-,19+,20-,22+,26+,27-/m0/s1. The van der Waals surface area contributed by atoms with E-state index in [1.807, 2.05) is 0 Å². The van der Waals surface area contributed by atoms with Crippen LogP contribution in [0.1, 0.15) is 65.7 Å². The first-order valence-corrected chi connectivity index (χ1v) is 12.5.